The van der Waals surface area contributed by atoms with Crippen molar-refractivity contribution in [3.8, 4) is 0 Å². The molecule has 140 valence electrons. The molecule has 0 aromatic rings. The summed E-state index contributed by atoms with van der Waals surface area (Å²) in [6, 6.07) is 1.20. The summed E-state index contributed by atoms with van der Waals surface area (Å²) in [5.74, 6) is 0.610. The molecule has 2 N–H and O–H groups in total. The average Bonchev–Trinajstić information content (AvgIpc) is 2.51. The van der Waals surface area contributed by atoms with Crippen molar-refractivity contribution in [2.45, 2.75) is 110 Å². The summed E-state index contributed by atoms with van der Waals surface area (Å²) in [4.78, 5) is 0. The van der Waals surface area contributed by atoms with Gasteiger partial charge >= 0.3 is 0 Å². The molecule has 1 atom stereocenters. The van der Waals surface area contributed by atoms with Crippen LogP contribution < -0.4 is 5.73 Å². The van der Waals surface area contributed by atoms with Crippen LogP contribution in [0.4, 0.5) is 0 Å². The van der Waals surface area contributed by atoms with E-state index in [0.717, 1.165) is 13.2 Å². The first-order valence-corrected chi connectivity index (χ1v) is 13.5. The van der Waals surface area contributed by atoms with Crippen LogP contribution in [0.25, 0.3) is 0 Å². The van der Waals surface area contributed by atoms with Crippen molar-refractivity contribution < 1.29 is 4.43 Å². The average molecular weight is 344 g/mol. The topological polar surface area (TPSA) is 35.2 Å². The van der Waals surface area contributed by atoms with Crippen LogP contribution >= 0.6 is 0 Å². The predicted octanol–water partition coefficient (Wildman–Crippen LogP) is 6.50. The Morgan fingerprint density at radius 1 is 0.783 bits per heavy atom. The van der Waals surface area contributed by atoms with Gasteiger partial charge in [0.1, 0.15) is 0 Å². The van der Waals surface area contributed by atoms with Gasteiger partial charge in [0.2, 0.25) is 0 Å². The van der Waals surface area contributed by atoms with Crippen molar-refractivity contribution in [2.75, 3.05) is 13.2 Å². The minimum absolute atomic E-state index is 0.610. The quantitative estimate of drug-likeness (QED) is 0.241. The van der Waals surface area contributed by atoms with Crippen molar-refractivity contribution >= 4 is 8.32 Å². The molecule has 0 heterocycles. The minimum Gasteiger partial charge on any atom is -0.417 e. The Morgan fingerprint density at radius 3 is 1.65 bits per heavy atom. The van der Waals surface area contributed by atoms with Gasteiger partial charge in [0.05, 0.1) is 0 Å². The Kier molecular flexibility index (Phi) is 15.7. The van der Waals surface area contributed by atoms with E-state index in [1.54, 1.807) is 0 Å². The molecule has 23 heavy (non-hydrogen) atoms. The second kappa shape index (κ2) is 15.7. The smallest absolute Gasteiger partial charge is 0.187 e. The molecule has 0 aliphatic rings. The van der Waals surface area contributed by atoms with Gasteiger partial charge in [-0.25, -0.2) is 0 Å². The summed E-state index contributed by atoms with van der Waals surface area (Å²) in [5.41, 5.74) is 5.72. The molecule has 1 unspecified atom stereocenters. The van der Waals surface area contributed by atoms with E-state index < -0.39 is 8.32 Å². The van der Waals surface area contributed by atoms with Crippen LogP contribution in [0.5, 0.6) is 0 Å². The van der Waals surface area contributed by atoms with E-state index in [9.17, 15) is 0 Å². The second-order valence-corrected chi connectivity index (χ2v) is 12.3. The fraction of sp³-hybridized carbons (Fsp3) is 1.00. The van der Waals surface area contributed by atoms with Crippen LogP contribution in [0, 0.1) is 5.92 Å². The highest BCUT2D eigenvalue weighted by atomic mass is 28.4. The lowest BCUT2D eigenvalue weighted by Crippen LogP contribution is -2.34. The number of nitrogens with two attached hydrogens (primary N) is 1. The largest absolute Gasteiger partial charge is 0.417 e. The maximum atomic E-state index is 6.18. The molecular weight excluding hydrogens is 298 g/mol. The number of unbranched alkanes of at least 4 members (excludes halogenated alkanes) is 11. The molecular formula is C20H45NOSi. The summed E-state index contributed by atoms with van der Waals surface area (Å²) < 4.78 is 6.18. The van der Waals surface area contributed by atoms with Gasteiger partial charge in [-0.1, -0.05) is 84.5 Å². The van der Waals surface area contributed by atoms with E-state index >= 15 is 0 Å². The summed E-state index contributed by atoms with van der Waals surface area (Å²) in [7, 11) is -1.47. The molecule has 0 aliphatic heterocycles. The van der Waals surface area contributed by atoms with E-state index in [2.05, 4.69) is 26.9 Å². The monoisotopic (exact) mass is 343 g/mol. The first-order chi connectivity index (χ1) is 11.0. The van der Waals surface area contributed by atoms with Crippen molar-refractivity contribution in [3.63, 3.8) is 0 Å². The number of hydrogen-bond donors (Lipinski definition) is 1. The molecule has 0 aromatic heterocycles. The van der Waals surface area contributed by atoms with Crippen molar-refractivity contribution in [1.82, 2.24) is 0 Å². The molecule has 0 spiro atoms. The Hall–Kier alpha value is 0.137. The van der Waals surface area contributed by atoms with Crippen LogP contribution in [0.1, 0.15) is 90.9 Å². The fourth-order valence-corrected chi connectivity index (χ4v) is 5.93. The molecule has 0 fully saturated rings. The van der Waals surface area contributed by atoms with Crippen molar-refractivity contribution in [1.29, 1.82) is 0 Å². The highest BCUT2D eigenvalue weighted by molar-refractivity contribution is 6.71. The first-order valence-electron chi connectivity index (χ1n) is 10.4. The zero-order chi connectivity index (χ0) is 17.4. The van der Waals surface area contributed by atoms with Gasteiger partial charge in [0.15, 0.2) is 8.32 Å². The van der Waals surface area contributed by atoms with E-state index in [1.807, 2.05) is 0 Å². The molecule has 2 nitrogen and oxygen atoms in total. The van der Waals surface area contributed by atoms with Gasteiger partial charge in [0.25, 0.3) is 0 Å². The highest BCUT2D eigenvalue weighted by Gasteiger charge is 2.24. The third-order valence-electron chi connectivity index (χ3n) is 4.73. The van der Waals surface area contributed by atoms with Gasteiger partial charge in [-0.3, -0.25) is 0 Å². The summed E-state index contributed by atoms with van der Waals surface area (Å²) in [5, 5.41) is 0. The standard InChI is InChI=1S/C20H45NOSi/c1-5-6-7-8-9-10-11-12-13-14-15-16-17-22-23(3,4)19-20(2)18-21/h20H,5-19,21H2,1-4H3. The molecule has 0 saturated heterocycles. The zero-order valence-electron chi connectivity index (χ0n) is 16.7. The van der Waals surface area contributed by atoms with Crippen LogP contribution in [-0.4, -0.2) is 21.5 Å². The third-order valence-corrected chi connectivity index (χ3v) is 7.40. The van der Waals surface area contributed by atoms with Gasteiger partial charge in [-0.05, 0) is 38.0 Å². The molecule has 0 saturated carbocycles. The molecule has 0 aliphatic carbocycles. The normalized spacial score (nSPS) is 13.4. The first kappa shape index (κ1) is 23.1. The van der Waals surface area contributed by atoms with Crippen molar-refractivity contribution in [2.24, 2.45) is 11.7 Å². The fourth-order valence-electron chi connectivity index (χ4n) is 3.27. The van der Waals surface area contributed by atoms with Gasteiger partial charge in [0, 0.05) is 6.61 Å². The van der Waals surface area contributed by atoms with E-state index in [4.69, 9.17) is 10.2 Å². The lowest BCUT2D eigenvalue weighted by atomic mass is 10.1. The lowest BCUT2D eigenvalue weighted by Gasteiger charge is -2.25. The summed E-state index contributed by atoms with van der Waals surface area (Å²) in [6.07, 6.45) is 16.8. The minimum atomic E-state index is -1.47. The number of hydrogen-bond acceptors (Lipinski definition) is 2. The highest BCUT2D eigenvalue weighted by Crippen LogP contribution is 2.18. The SMILES string of the molecule is CCCCCCCCCCCCCCO[Si](C)(C)CC(C)CN. The third kappa shape index (κ3) is 16.8. The molecule has 0 rings (SSSR count). The Bertz CT molecular complexity index is 246. The van der Waals surface area contributed by atoms with E-state index in [1.165, 1.54) is 83.1 Å². The molecule has 0 aromatic carbocycles. The summed E-state index contributed by atoms with van der Waals surface area (Å²) in [6.45, 7) is 10.9. The van der Waals surface area contributed by atoms with Gasteiger partial charge in [-0.15, -0.1) is 0 Å². The van der Waals surface area contributed by atoms with E-state index in [0.29, 0.717) is 5.92 Å². The van der Waals surface area contributed by atoms with Crippen LogP contribution in [0.2, 0.25) is 19.1 Å². The second-order valence-electron chi connectivity index (χ2n) is 8.04. The Balaban J connectivity index is 3.27. The summed E-state index contributed by atoms with van der Waals surface area (Å²) >= 11 is 0. The lowest BCUT2D eigenvalue weighted by molar-refractivity contribution is 0.290. The predicted molar refractivity (Wildman–Crippen MR) is 108 cm³/mol. The van der Waals surface area contributed by atoms with Gasteiger partial charge < -0.3 is 10.2 Å². The molecule has 3 heteroatoms. The number of rotatable bonds is 17. The van der Waals surface area contributed by atoms with Gasteiger partial charge in [-0.2, -0.15) is 0 Å². The van der Waals surface area contributed by atoms with E-state index in [-0.39, 0.29) is 0 Å². The molecule has 0 bridgehead atoms. The zero-order valence-corrected chi connectivity index (χ0v) is 17.7. The molecule has 0 amide bonds. The maximum Gasteiger partial charge on any atom is 0.187 e. The van der Waals surface area contributed by atoms with Crippen LogP contribution in [-0.2, 0) is 4.43 Å². The Labute approximate surface area is 148 Å². The maximum absolute atomic E-state index is 6.18. The van der Waals surface area contributed by atoms with Crippen LogP contribution in [0.3, 0.4) is 0 Å². The van der Waals surface area contributed by atoms with Crippen molar-refractivity contribution in [3.05, 3.63) is 0 Å². The van der Waals surface area contributed by atoms with Crippen LogP contribution in [0.15, 0.2) is 0 Å². The molecule has 0 radical (unpaired) electrons. The Morgan fingerprint density at radius 2 is 1.22 bits per heavy atom.